The molecule has 0 radical (unpaired) electrons. The van der Waals surface area contributed by atoms with E-state index in [1.54, 1.807) is 30.5 Å². The van der Waals surface area contributed by atoms with Crippen molar-refractivity contribution in [3.63, 3.8) is 0 Å². The van der Waals surface area contributed by atoms with Crippen LogP contribution in [0.5, 0.6) is 0 Å². The number of carbonyl (C=O) groups is 1. The summed E-state index contributed by atoms with van der Waals surface area (Å²) < 4.78 is 1.84. The van der Waals surface area contributed by atoms with Crippen LogP contribution in [0.25, 0.3) is 11.0 Å². The molecule has 27 heavy (non-hydrogen) atoms. The van der Waals surface area contributed by atoms with Crippen molar-refractivity contribution in [3.05, 3.63) is 83.3 Å². The molecule has 0 aliphatic heterocycles. The minimum absolute atomic E-state index is 0.0333. The number of thioether (sulfide) groups is 1. The standard InChI is InChI=1S/C20H15ClN4OS/c21-17-9-5-4-8-15(17)18(26)12-27-20-16-10-24-25(19(16)22-13-23-20)11-14-6-2-1-3-7-14/h1-10,13H,11-12H2. The number of carbonyl (C=O) groups excluding carboxylic acids is 1. The Labute approximate surface area is 165 Å². The molecule has 2 aromatic carbocycles. The predicted molar refractivity (Wildman–Crippen MR) is 107 cm³/mol. The van der Waals surface area contributed by atoms with E-state index >= 15 is 0 Å². The summed E-state index contributed by atoms with van der Waals surface area (Å²) in [6, 6.07) is 17.1. The lowest BCUT2D eigenvalue weighted by atomic mass is 10.1. The van der Waals surface area contributed by atoms with Gasteiger partial charge in [-0.3, -0.25) is 4.79 Å². The van der Waals surface area contributed by atoms with Gasteiger partial charge in [-0.25, -0.2) is 14.6 Å². The van der Waals surface area contributed by atoms with Crippen molar-refractivity contribution >= 4 is 40.2 Å². The van der Waals surface area contributed by atoms with Gasteiger partial charge in [-0.1, -0.05) is 65.8 Å². The minimum Gasteiger partial charge on any atom is -0.293 e. The molecule has 7 heteroatoms. The zero-order valence-corrected chi connectivity index (χ0v) is 15.8. The third kappa shape index (κ3) is 3.86. The van der Waals surface area contributed by atoms with Crippen molar-refractivity contribution in [2.45, 2.75) is 11.6 Å². The van der Waals surface area contributed by atoms with E-state index in [1.165, 1.54) is 18.1 Å². The van der Waals surface area contributed by atoms with Gasteiger partial charge in [-0.05, 0) is 17.7 Å². The summed E-state index contributed by atoms with van der Waals surface area (Å²) in [5, 5.41) is 6.48. The zero-order valence-electron chi connectivity index (χ0n) is 14.2. The molecule has 0 fully saturated rings. The lowest BCUT2D eigenvalue weighted by Crippen LogP contribution is -2.04. The van der Waals surface area contributed by atoms with Gasteiger partial charge in [0.05, 0.1) is 28.9 Å². The van der Waals surface area contributed by atoms with E-state index in [9.17, 15) is 4.79 Å². The van der Waals surface area contributed by atoms with Gasteiger partial charge in [0.2, 0.25) is 0 Å². The first kappa shape index (κ1) is 17.7. The van der Waals surface area contributed by atoms with Crippen molar-refractivity contribution in [1.82, 2.24) is 19.7 Å². The Morgan fingerprint density at radius 3 is 2.63 bits per heavy atom. The monoisotopic (exact) mass is 394 g/mol. The van der Waals surface area contributed by atoms with Crippen LogP contribution in [0.2, 0.25) is 5.02 Å². The number of Topliss-reactive ketones (excluding diaryl/α,β-unsaturated/α-hetero) is 1. The molecule has 4 rings (SSSR count). The van der Waals surface area contributed by atoms with E-state index < -0.39 is 0 Å². The van der Waals surface area contributed by atoms with E-state index in [4.69, 9.17) is 11.6 Å². The average molecular weight is 395 g/mol. The van der Waals surface area contributed by atoms with Crippen LogP contribution in [-0.2, 0) is 6.54 Å². The average Bonchev–Trinajstić information content (AvgIpc) is 3.11. The first-order valence-corrected chi connectivity index (χ1v) is 9.69. The summed E-state index contributed by atoms with van der Waals surface area (Å²) in [5.41, 5.74) is 2.42. The molecule has 0 atom stereocenters. The highest BCUT2D eigenvalue weighted by molar-refractivity contribution is 8.00. The number of aromatic nitrogens is 4. The van der Waals surface area contributed by atoms with Crippen LogP contribution in [0.4, 0.5) is 0 Å². The number of nitrogens with zero attached hydrogens (tertiary/aromatic N) is 4. The predicted octanol–water partition coefficient (Wildman–Crippen LogP) is 4.50. The molecular weight excluding hydrogens is 380 g/mol. The van der Waals surface area contributed by atoms with Gasteiger partial charge in [-0.2, -0.15) is 5.10 Å². The molecule has 0 spiro atoms. The van der Waals surface area contributed by atoms with E-state index in [1.807, 2.05) is 35.0 Å². The molecule has 134 valence electrons. The first-order chi connectivity index (χ1) is 13.2. The Morgan fingerprint density at radius 2 is 1.81 bits per heavy atom. The normalized spacial score (nSPS) is 11.0. The van der Waals surface area contributed by atoms with Crippen LogP contribution < -0.4 is 0 Å². The van der Waals surface area contributed by atoms with Gasteiger partial charge in [0.15, 0.2) is 11.4 Å². The maximum atomic E-state index is 12.5. The Kier molecular flexibility index (Phi) is 5.18. The van der Waals surface area contributed by atoms with Crippen LogP contribution in [0.15, 0.2) is 72.1 Å². The van der Waals surface area contributed by atoms with Gasteiger partial charge in [0.1, 0.15) is 11.4 Å². The zero-order chi connectivity index (χ0) is 18.6. The molecule has 2 aromatic heterocycles. The third-order valence-corrected chi connectivity index (χ3v) is 5.42. The second-order valence-electron chi connectivity index (χ2n) is 5.90. The maximum Gasteiger partial charge on any atom is 0.174 e. The summed E-state index contributed by atoms with van der Waals surface area (Å²) in [4.78, 5) is 21.1. The van der Waals surface area contributed by atoms with E-state index in [-0.39, 0.29) is 11.5 Å². The van der Waals surface area contributed by atoms with Gasteiger partial charge in [-0.15, -0.1) is 0 Å². The number of ketones is 1. The summed E-state index contributed by atoms with van der Waals surface area (Å²) in [6.07, 6.45) is 3.26. The van der Waals surface area contributed by atoms with Gasteiger partial charge in [0.25, 0.3) is 0 Å². The molecule has 0 aliphatic carbocycles. The first-order valence-electron chi connectivity index (χ1n) is 8.33. The molecule has 0 unspecified atom stereocenters. The minimum atomic E-state index is -0.0333. The molecule has 0 saturated carbocycles. The van der Waals surface area contributed by atoms with E-state index in [0.29, 0.717) is 17.1 Å². The van der Waals surface area contributed by atoms with Crippen LogP contribution in [0.3, 0.4) is 0 Å². The number of fused-ring (bicyclic) bond motifs is 1. The fourth-order valence-corrected chi connectivity index (χ4v) is 3.84. The van der Waals surface area contributed by atoms with Gasteiger partial charge < -0.3 is 0 Å². The third-order valence-electron chi connectivity index (χ3n) is 4.09. The molecule has 0 aliphatic rings. The van der Waals surface area contributed by atoms with Crippen molar-refractivity contribution < 1.29 is 4.79 Å². The van der Waals surface area contributed by atoms with E-state index in [2.05, 4.69) is 15.1 Å². The molecule has 4 aromatic rings. The van der Waals surface area contributed by atoms with Gasteiger partial charge in [0, 0.05) is 5.56 Å². The van der Waals surface area contributed by atoms with Crippen LogP contribution in [0, 0.1) is 0 Å². The highest BCUT2D eigenvalue weighted by atomic mass is 35.5. The molecule has 0 amide bonds. The number of hydrogen-bond acceptors (Lipinski definition) is 5. The molecular formula is C20H15ClN4OS. The fraction of sp³-hybridized carbons (Fsp3) is 0.100. The van der Waals surface area contributed by atoms with E-state index in [0.717, 1.165) is 21.6 Å². The van der Waals surface area contributed by atoms with Crippen LogP contribution >= 0.6 is 23.4 Å². The van der Waals surface area contributed by atoms with Crippen molar-refractivity contribution in [1.29, 1.82) is 0 Å². The van der Waals surface area contributed by atoms with Crippen LogP contribution in [0.1, 0.15) is 15.9 Å². The Hall–Kier alpha value is -2.70. The SMILES string of the molecule is O=C(CSc1ncnc2c1cnn2Cc1ccccc1)c1ccccc1Cl. The smallest absolute Gasteiger partial charge is 0.174 e. The van der Waals surface area contributed by atoms with Crippen LogP contribution in [-0.4, -0.2) is 31.3 Å². The highest BCUT2D eigenvalue weighted by Crippen LogP contribution is 2.26. The lowest BCUT2D eigenvalue weighted by Gasteiger charge is -2.05. The number of rotatable bonds is 6. The largest absolute Gasteiger partial charge is 0.293 e. The number of benzene rings is 2. The van der Waals surface area contributed by atoms with Crippen molar-refractivity contribution in [2.24, 2.45) is 0 Å². The second-order valence-corrected chi connectivity index (χ2v) is 7.27. The van der Waals surface area contributed by atoms with Crippen molar-refractivity contribution in [2.75, 3.05) is 5.75 Å². The topological polar surface area (TPSA) is 60.7 Å². The lowest BCUT2D eigenvalue weighted by molar-refractivity contribution is 0.102. The number of hydrogen-bond donors (Lipinski definition) is 0. The quantitative estimate of drug-likeness (QED) is 0.273. The molecule has 0 bridgehead atoms. The number of halogens is 1. The highest BCUT2D eigenvalue weighted by Gasteiger charge is 2.14. The summed E-state index contributed by atoms with van der Waals surface area (Å²) in [6.45, 7) is 0.629. The second kappa shape index (κ2) is 7.90. The molecule has 0 N–H and O–H groups in total. The maximum absolute atomic E-state index is 12.5. The fourth-order valence-electron chi connectivity index (χ4n) is 2.76. The Bertz CT molecular complexity index is 1100. The molecule has 2 heterocycles. The summed E-state index contributed by atoms with van der Waals surface area (Å²) in [7, 11) is 0. The summed E-state index contributed by atoms with van der Waals surface area (Å²) >= 11 is 7.48. The summed E-state index contributed by atoms with van der Waals surface area (Å²) in [5.74, 6) is 0.216. The Morgan fingerprint density at radius 1 is 1.04 bits per heavy atom. The molecule has 0 saturated heterocycles. The Balaban J connectivity index is 1.55. The molecule has 5 nitrogen and oxygen atoms in total. The van der Waals surface area contributed by atoms with Gasteiger partial charge >= 0.3 is 0 Å². The van der Waals surface area contributed by atoms with Crippen molar-refractivity contribution in [3.8, 4) is 0 Å².